The zero-order chi connectivity index (χ0) is 17.2. The summed E-state index contributed by atoms with van der Waals surface area (Å²) in [5.41, 5.74) is 4.97. The molecular weight excluding hydrogens is 314 g/mol. The molecule has 0 spiro atoms. The number of carbonyl (C=O) groups excluding carboxylic acids is 1. The van der Waals surface area contributed by atoms with E-state index in [0.29, 0.717) is 6.42 Å². The van der Waals surface area contributed by atoms with E-state index in [1.165, 1.54) is 11.6 Å². The predicted molar refractivity (Wildman–Crippen MR) is 96.7 cm³/mol. The first-order valence-electron chi connectivity index (χ1n) is 8.47. The lowest BCUT2D eigenvalue weighted by Gasteiger charge is -2.20. The molecule has 4 rings (SSSR count). The molecule has 5 heteroatoms. The normalized spacial score (nSPS) is 17.4. The fourth-order valence-corrected chi connectivity index (χ4v) is 3.56. The molecule has 3 heterocycles. The van der Waals surface area contributed by atoms with E-state index in [9.17, 15) is 4.79 Å². The number of aromatic amines is 1. The van der Waals surface area contributed by atoms with Gasteiger partial charge in [-0.1, -0.05) is 12.7 Å². The van der Waals surface area contributed by atoms with E-state index in [1.54, 1.807) is 18.9 Å². The molecule has 0 saturated heterocycles. The molecule has 0 saturated carbocycles. The number of fused-ring (bicyclic) bond motifs is 1. The number of hydrogen-bond acceptors (Lipinski definition) is 4. The number of H-pyrrole nitrogens is 1. The standard InChI is InChI=1S/C20H19N3O2/c1-2-16(24)9-13-4-3-5-14(8-13)19-18-17(15-6-7-25-11-15)10-21-20(18)23-12-22-19/h2,6-8,10-13H,1,3-5,9H2,(H,21,22,23). The number of carbonyl (C=O) groups is 1. The number of nitrogens with zero attached hydrogens (tertiary/aromatic N) is 2. The predicted octanol–water partition coefficient (Wildman–Crippen LogP) is 4.55. The van der Waals surface area contributed by atoms with Crippen molar-refractivity contribution in [2.45, 2.75) is 25.7 Å². The van der Waals surface area contributed by atoms with Crippen LogP contribution in [0.25, 0.3) is 27.7 Å². The van der Waals surface area contributed by atoms with Crippen molar-refractivity contribution in [1.29, 1.82) is 0 Å². The molecule has 3 aromatic heterocycles. The third kappa shape index (κ3) is 2.93. The van der Waals surface area contributed by atoms with Crippen molar-refractivity contribution in [3.63, 3.8) is 0 Å². The summed E-state index contributed by atoms with van der Waals surface area (Å²) in [5.74, 6) is 0.339. The second-order valence-electron chi connectivity index (χ2n) is 6.38. The summed E-state index contributed by atoms with van der Waals surface area (Å²) in [7, 11) is 0. The number of hydrogen-bond donors (Lipinski definition) is 1. The lowest BCUT2D eigenvalue weighted by molar-refractivity contribution is -0.115. The van der Waals surface area contributed by atoms with E-state index in [4.69, 9.17) is 4.42 Å². The highest BCUT2D eigenvalue weighted by atomic mass is 16.3. The quantitative estimate of drug-likeness (QED) is 0.695. The van der Waals surface area contributed by atoms with E-state index in [1.807, 2.05) is 12.3 Å². The van der Waals surface area contributed by atoms with Crippen LogP contribution in [0.2, 0.25) is 0 Å². The van der Waals surface area contributed by atoms with E-state index in [0.717, 1.165) is 47.1 Å². The minimum Gasteiger partial charge on any atom is -0.472 e. The van der Waals surface area contributed by atoms with Gasteiger partial charge in [0.2, 0.25) is 0 Å². The van der Waals surface area contributed by atoms with Crippen molar-refractivity contribution >= 4 is 22.4 Å². The molecule has 0 amide bonds. The van der Waals surface area contributed by atoms with Gasteiger partial charge in [-0.05, 0) is 42.9 Å². The summed E-state index contributed by atoms with van der Waals surface area (Å²) in [6, 6.07) is 1.93. The molecule has 25 heavy (non-hydrogen) atoms. The molecular formula is C20H19N3O2. The van der Waals surface area contributed by atoms with Gasteiger partial charge in [0.1, 0.15) is 12.0 Å². The van der Waals surface area contributed by atoms with Crippen LogP contribution in [0.15, 0.2) is 54.3 Å². The summed E-state index contributed by atoms with van der Waals surface area (Å²) in [5, 5.41) is 1.01. The van der Waals surface area contributed by atoms with Gasteiger partial charge in [0, 0.05) is 23.7 Å². The van der Waals surface area contributed by atoms with Crippen molar-refractivity contribution < 1.29 is 9.21 Å². The summed E-state index contributed by atoms with van der Waals surface area (Å²) >= 11 is 0. The number of nitrogens with one attached hydrogen (secondary N) is 1. The van der Waals surface area contributed by atoms with Crippen LogP contribution >= 0.6 is 0 Å². The third-order valence-corrected chi connectivity index (χ3v) is 4.76. The molecule has 0 aliphatic heterocycles. The molecule has 1 aliphatic rings. The Balaban J connectivity index is 1.79. The van der Waals surface area contributed by atoms with E-state index in [2.05, 4.69) is 27.6 Å². The van der Waals surface area contributed by atoms with Crippen molar-refractivity contribution in [3.8, 4) is 11.1 Å². The van der Waals surface area contributed by atoms with Crippen LogP contribution < -0.4 is 0 Å². The zero-order valence-corrected chi connectivity index (χ0v) is 13.9. The summed E-state index contributed by atoms with van der Waals surface area (Å²) in [4.78, 5) is 23.9. The monoisotopic (exact) mass is 333 g/mol. The molecule has 0 radical (unpaired) electrons. The fraction of sp³-hybridized carbons (Fsp3) is 0.250. The summed E-state index contributed by atoms with van der Waals surface area (Å²) in [6.45, 7) is 3.57. The topological polar surface area (TPSA) is 71.8 Å². The number of rotatable bonds is 5. The van der Waals surface area contributed by atoms with Gasteiger partial charge >= 0.3 is 0 Å². The second-order valence-corrected chi connectivity index (χ2v) is 6.38. The lowest BCUT2D eigenvalue weighted by Crippen LogP contribution is -2.09. The van der Waals surface area contributed by atoms with Gasteiger partial charge in [-0.15, -0.1) is 0 Å². The highest BCUT2D eigenvalue weighted by Crippen LogP contribution is 2.37. The Morgan fingerprint density at radius 1 is 1.44 bits per heavy atom. The van der Waals surface area contributed by atoms with Crippen molar-refractivity contribution in [3.05, 3.63) is 55.5 Å². The molecule has 1 N–H and O–H groups in total. The molecule has 3 aromatic rings. The average molecular weight is 333 g/mol. The Kier molecular flexibility index (Phi) is 4.06. The van der Waals surface area contributed by atoms with Crippen LogP contribution in [0, 0.1) is 5.92 Å². The molecule has 0 bridgehead atoms. The smallest absolute Gasteiger partial charge is 0.155 e. The first-order chi connectivity index (χ1) is 12.3. The Morgan fingerprint density at radius 2 is 2.36 bits per heavy atom. The van der Waals surface area contributed by atoms with Crippen LogP contribution in [0.3, 0.4) is 0 Å². The van der Waals surface area contributed by atoms with Crippen LogP contribution in [-0.2, 0) is 4.79 Å². The van der Waals surface area contributed by atoms with Gasteiger partial charge in [-0.3, -0.25) is 4.79 Å². The Morgan fingerprint density at radius 3 is 3.16 bits per heavy atom. The van der Waals surface area contributed by atoms with E-state index >= 15 is 0 Å². The van der Waals surface area contributed by atoms with Gasteiger partial charge in [-0.2, -0.15) is 0 Å². The first-order valence-corrected chi connectivity index (χ1v) is 8.47. The molecule has 0 aromatic carbocycles. The lowest BCUT2D eigenvalue weighted by atomic mass is 9.85. The van der Waals surface area contributed by atoms with Crippen LogP contribution in [-0.4, -0.2) is 20.7 Å². The van der Waals surface area contributed by atoms with Gasteiger partial charge in [-0.25, -0.2) is 9.97 Å². The largest absolute Gasteiger partial charge is 0.472 e. The van der Waals surface area contributed by atoms with Crippen molar-refractivity contribution in [2.24, 2.45) is 5.92 Å². The molecule has 1 aliphatic carbocycles. The molecule has 1 atom stereocenters. The third-order valence-electron chi connectivity index (χ3n) is 4.76. The average Bonchev–Trinajstić information content (AvgIpc) is 3.30. The molecule has 126 valence electrons. The summed E-state index contributed by atoms with van der Waals surface area (Å²) in [6.07, 6.45) is 14.1. The van der Waals surface area contributed by atoms with E-state index < -0.39 is 0 Å². The first kappa shape index (κ1) is 15.6. The minimum absolute atomic E-state index is 0.0936. The van der Waals surface area contributed by atoms with E-state index in [-0.39, 0.29) is 11.7 Å². The Hall–Kier alpha value is -2.95. The Bertz CT molecular complexity index is 951. The van der Waals surface area contributed by atoms with Gasteiger partial charge in [0.15, 0.2) is 5.78 Å². The summed E-state index contributed by atoms with van der Waals surface area (Å²) < 4.78 is 5.23. The second kappa shape index (κ2) is 6.51. The maximum Gasteiger partial charge on any atom is 0.155 e. The maximum absolute atomic E-state index is 11.7. The number of ketones is 1. The fourth-order valence-electron chi connectivity index (χ4n) is 3.56. The molecule has 0 fully saturated rings. The van der Waals surface area contributed by atoms with Gasteiger partial charge in [0.05, 0.1) is 23.6 Å². The van der Waals surface area contributed by atoms with Crippen molar-refractivity contribution in [2.75, 3.05) is 0 Å². The Labute approximate surface area is 145 Å². The van der Waals surface area contributed by atoms with Gasteiger partial charge < -0.3 is 9.40 Å². The van der Waals surface area contributed by atoms with Crippen LogP contribution in [0.1, 0.15) is 31.4 Å². The SMILES string of the molecule is C=CC(=O)CC1C=C(c2ncnc3[nH]cc(-c4ccoc4)c23)CCC1. The molecule has 1 unspecified atom stereocenters. The number of aromatic nitrogens is 3. The van der Waals surface area contributed by atoms with Crippen molar-refractivity contribution in [1.82, 2.24) is 15.0 Å². The van der Waals surface area contributed by atoms with Crippen LogP contribution in [0.5, 0.6) is 0 Å². The van der Waals surface area contributed by atoms with Crippen LogP contribution in [0.4, 0.5) is 0 Å². The van der Waals surface area contributed by atoms with Gasteiger partial charge in [0.25, 0.3) is 0 Å². The number of allylic oxidation sites excluding steroid dienone is 3. The minimum atomic E-state index is 0.0936. The maximum atomic E-state index is 11.7. The highest BCUT2D eigenvalue weighted by Gasteiger charge is 2.21. The number of furan rings is 1. The molecule has 5 nitrogen and oxygen atoms in total. The highest BCUT2D eigenvalue weighted by molar-refractivity contribution is 6.00. The zero-order valence-electron chi connectivity index (χ0n) is 13.9.